The molecule has 1 aromatic carbocycles. The lowest BCUT2D eigenvalue weighted by molar-refractivity contribution is -0.136. The second-order valence-electron chi connectivity index (χ2n) is 3.81. The summed E-state index contributed by atoms with van der Waals surface area (Å²) in [7, 11) is 0. The predicted molar refractivity (Wildman–Crippen MR) is 62.1 cm³/mol. The Morgan fingerprint density at radius 1 is 1.47 bits per heavy atom. The number of oxazole rings is 1. The van der Waals surface area contributed by atoms with E-state index >= 15 is 0 Å². The summed E-state index contributed by atoms with van der Waals surface area (Å²) >= 11 is 0. The molecule has 5 heteroatoms. The molecule has 0 saturated carbocycles. The van der Waals surface area contributed by atoms with Crippen molar-refractivity contribution < 1.29 is 14.3 Å². The third kappa shape index (κ3) is 2.22. The number of aromatic nitrogens is 1. The molecule has 0 aliphatic rings. The molecule has 90 valence electrons. The van der Waals surface area contributed by atoms with Crippen molar-refractivity contribution >= 4 is 17.1 Å². The number of aryl methyl sites for hydroxylation is 2. The van der Waals surface area contributed by atoms with Gasteiger partial charge < -0.3 is 9.52 Å². The number of rotatable bonds is 4. The first-order valence-corrected chi connectivity index (χ1v) is 5.46. The molecule has 0 radical (unpaired) electrons. The fourth-order valence-corrected chi connectivity index (χ4v) is 1.81. The van der Waals surface area contributed by atoms with Gasteiger partial charge in [-0.2, -0.15) is 0 Å². The second kappa shape index (κ2) is 4.45. The van der Waals surface area contributed by atoms with E-state index in [0.29, 0.717) is 18.5 Å². The van der Waals surface area contributed by atoms with Crippen LogP contribution in [0.5, 0.6) is 0 Å². The molecular weight excluding hydrogens is 222 g/mol. The van der Waals surface area contributed by atoms with Crippen LogP contribution in [0.15, 0.2) is 27.4 Å². The van der Waals surface area contributed by atoms with Gasteiger partial charge >= 0.3 is 11.7 Å². The molecule has 0 spiro atoms. The molecule has 17 heavy (non-hydrogen) atoms. The van der Waals surface area contributed by atoms with Crippen LogP contribution in [0.4, 0.5) is 0 Å². The van der Waals surface area contributed by atoms with Gasteiger partial charge in [-0.05, 0) is 31.0 Å². The predicted octanol–water partition coefficient (Wildman–Crippen LogP) is 1.63. The highest BCUT2D eigenvalue weighted by molar-refractivity contribution is 5.74. The van der Waals surface area contributed by atoms with Crippen LogP contribution in [-0.4, -0.2) is 15.6 Å². The highest BCUT2D eigenvalue weighted by Crippen LogP contribution is 2.16. The van der Waals surface area contributed by atoms with E-state index in [9.17, 15) is 9.59 Å². The van der Waals surface area contributed by atoms with Gasteiger partial charge in [0, 0.05) is 13.0 Å². The summed E-state index contributed by atoms with van der Waals surface area (Å²) in [4.78, 5) is 21.9. The van der Waals surface area contributed by atoms with Crippen LogP contribution in [0.1, 0.15) is 18.9 Å². The third-order valence-corrected chi connectivity index (χ3v) is 2.68. The van der Waals surface area contributed by atoms with E-state index in [1.165, 1.54) is 4.57 Å². The molecule has 0 atom stereocenters. The van der Waals surface area contributed by atoms with Crippen LogP contribution in [0.3, 0.4) is 0 Å². The van der Waals surface area contributed by atoms with Gasteiger partial charge in [0.15, 0.2) is 5.58 Å². The lowest BCUT2D eigenvalue weighted by atomic mass is 10.1. The Bertz CT molecular complexity index is 608. The third-order valence-electron chi connectivity index (χ3n) is 2.68. The highest BCUT2D eigenvalue weighted by atomic mass is 16.4. The molecule has 2 rings (SSSR count). The van der Waals surface area contributed by atoms with E-state index in [-0.39, 0.29) is 12.2 Å². The van der Waals surface area contributed by atoms with E-state index in [4.69, 9.17) is 9.52 Å². The van der Waals surface area contributed by atoms with E-state index in [2.05, 4.69) is 0 Å². The van der Waals surface area contributed by atoms with Crippen LogP contribution in [0.2, 0.25) is 0 Å². The van der Waals surface area contributed by atoms with Crippen LogP contribution in [-0.2, 0) is 17.8 Å². The minimum absolute atomic E-state index is 0.0831. The number of hydrogen-bond donors (Lipinski definition) is 1. The summed E-state index contributed by atoms with van der Waals surface area (Å²) < 4.78 is 6.59. The Hall–Kier alpha value is -2.04. The normalized spacial score (nSPS) is 10.9. The number of carboxylic acids is 1. The molecule has 0 saturated heterocycles. The number of hydrogen-bond acceptors (Lipinski definition) is 3. The van der Waals surface area contributed by atoms with Crippen LogP contribution in [0, 0.1) is 0 Å². The summed E-state index contributed by atoms with van der Waals surface area (Å²) in [6.07, 6.45) is 0.536. The number of carbonyl (C=O) groups is 1. The lowest BCUT2D eigenvalue weighted by Gasteiger charge is -2.00. The summed E-state index contributed by atoms with van der Waals surface area (Å²) in [5.41, 5.74) is 2.15. The van der Waals surface area contributed by atoms with Gasteiger partial charge in [-0.25, -0.2) is 4.79 Å². The molecule has 1 aromatic heterocycles. The molecular formula is C12H13NO4. The minimum atomic E-state index is -0.829. The van der Waals surface area contributed by atoms with Gasteiger partial charge in [-0.3, -0.25) is 9.36 Å². The first-order valence-electron chi connectivity index (χ1n) is 5.46. The Morgan fingerprint density at radius 2 is 2.24 bits per heavy atom. The standard InChI is InChI=1S/C12H13NO4/c1-2-13-9-7-8(4-6-11(14)15)3-5-10(9)17-12(13)16/h3,5,7H,2,4,6H2,1H3,(H,14,15). The van der Waals surface area contributed by atoms with Gasteiger partial charge in [-0.1, -0.05) is 6.07 Å². The monoisotopic (exact) mass is 235 g/mol. The van der Waals surface area contributed by atoms with Crippen molar-refractivity contribution in [3.63, 3.8) is 0 Å². The smallest absolute Gasteiger partial charge is 0.419 e. The summed E-state index contributed by atoms with van der Waals surface area (Å²) in [5.74, 6) is -1.21. The van der Waals surface area contributed by atoms with Crippen molar-refractivity contribution in [1.29, 1.82) is 0 Å². The number of aliphatic carboxylic acids is 1. The van der Waals surface area contributed by atoms with Gasteiger partial charge in [0.25, 0.3) is 0 Å². The van der Waals surface area contributed by atoms with Gasteiger partial charge in [0.1, 0.15) is 0 Å². The number of carboxylic acid groups (broad SMARTS) is 1. The average Bonchev–Trinajstić information content (AvgIpc) is 2.61. The van der Waals surface area contributed by atoms with Crippen molar-refractivity contribution in [3.8, 4) is 0 Å². The van der Waals surface area contributed by atoms with Crippen molar-refractivity contribution in [3.05, 3.63) is 34.3 Å². The maximum absolute atomic E-state index is 11.4. The molecule has 1 N–H and O–H groups in total. The van der Waals surface area contributed by atoms with E-state index < -0.39 is 5.97 Å². The fraction of sp³-hybridized carbons (Fsp3) is 0.333. The Kier molecular flexibility index (Phi) is 2.99. The van der Waals surface area contributed by atoms with Crippen LogP contribution in [0.25, 0.3) is 11.1 Å². The average molecular weight is 235 g/mol. The molecule has 1 heterocycles. The van der Waals surface area contributed by atoms with Crippen molar-refractivity contribution in [2.75, 3.05) is 0 Å². The number of benzene rings is 1. The zero-order chi connectivity index (χ0) is 12.4. The van der Waals surface area contributed by atoms with Crippen LogP contribution < -0.4 is 5.76 Å². The lowest BCUT2D eigenvalue weighted by Crippen LogP contribution is -2.12. The maximum Gasteiger partial charge on any atom is 0.419 e. The van der Waals surface area contributed by atoms with Gasteiger partial charge in [-0.15, -0.1) is 0 Å². The van der Waals surface area contributed by atoms with Crippen molar-refractivity contribution in [2.45, 2.75) is 26.3 Å². The molecule has 2 aromatic rings. The van der Waals surface area contributed by atoms with Gasteiger partial charge in [0.05, 0.1) is 5.52 Å². The van der Waals surface area contributed by atoms with Crippen molar-refractivity contribution in [2.24, 2.45) is 0 Å². The van der Waals surface area contributed by atoms with E-state index in [1.54, 1.807) is 12.1 Å². The topological polar surface area (TPSA) is 72.4 Å². The quantitative estimate of drug-likeness (QED) is 0.874. The first-order chi connectivity index (χ1) is 8.11. The summed E-state index contributed by atoms with van der Waals surface area (Å²) in [6, 6.07) is 5.31. The number of nitrogens with zero attached hydrogens (tertiary/aromatic N) is 1. The molecule has 0 fully saturated rings. The zero-order valence-electron chi connectivity index (χ0n) is 9.47. The van der Waals surface area contributed by atoms with E-state index in [0.717, 1.165) is 11.1 Å². The van der Waals surface area contributed by atoms with Crippen molar-refractivity contribution in [1.82, 2.24) is 4.57 Å². The minimum Gasteiger partial charge on any atom is -0.481 e. The maximum atomic E-state index is 11.4. The Labute approximate surface area is 97.3 Å². The van der Waals surface area contributed by atoms with Crippen LogP contribution >= 0.6 is 0 Å². The Balaban J connectivity index is 2.41. The molecule has 0 unspecified atom stereocenters. The summed E-state index contributed by atoms with van der Waals surface area (Å²) in [6.45, 7) is 2.40. The van der Waals surface area contributed by atoms with E-state index in [1.807, 2.05) is 13.0 Å². The fourth-order valence-electron chi connectivity index (χ4n) is 1.81. The molecule has 0 aliphatic heterocycles. The summed E-state index contributed by atoms with van der Waals surface area (Å²) in [5, 5.41) is 8.62. The Morgan fingerprint density at radius 3 is 2.88 bits per heavy atom. The molecule has 0 bridgehead atoms. The first kappa shape index (κ1) is 11.4. The molecule has 5 nitrogen and oxygen atoms in total. The second-order valence-corrected chi connectivity index (χ2v) is 3.81. The van der Waals surface area contributed by atoms with Gasteiger partial charge in [0.2, 0.25) is 0 Å². The zero-order valence-corrected chi connectivity index (χ0v) is 9.47. The molecule has 0 amide bonds. The molecule has 0 aliphatic carbocycles. The SMILES string of the molecule is CCn1c(=O)oc2ccc(CCC(=O)O)cc21. The number of fused-ring (bicyclic) bond motifs is 1. The highest BCUT2D eigenvalue weighted by Gasteiger charge is 2.08. The largest absolute Gasteiger partial charge is 0.481 e.